The monoisotopic (exact) mass is 514 g/mol. The summed E-state index contributed by atoms with van der Waals surface area (Å²) < 4.78 is 13.6. The van der Waals surface area contributed by atoms with E-state index in [2.05, 4.69) is 0 Å². The van der Waals surface area contributed by atoms with Gasteiger partial charge in [-0.05, 0) is 80.6 Å². The highest BCUT2D eigenvalue weighted by Gasteiger charge is 2.32. The van der Waals surface area contributed by atoms with E-state index in [0.717, 1.165) is 17.0 Å². The predicted molar refractivity (Wildman–Crippen MR) is 144 cm³/mol. The topological polar surface area (TPSA) is 57.7 Å². The molecule has 4 aromatic carbocycles. The number of benzene rings is 4. The molecule has 186 valence electrons. The van der Waals surface area contributed by atoms with Crippen molar-refractivity contribution in [2.45, 2.75) is 19.9 Å². The number of hydrogen-bond donors (Lipinski definition) is 0. The highest BCUT2D eigenvalue weighted by Crippen LogP contribution is 2.36. The van der Waals surface area contributed by atoms with E-state index < -0.39 is 17.6 Å². The summed E-state index contributed by atoms with van der Waals surface area (Å²) in [4.78, 5) is 43.7. The summed E-state index contributed by atoms with van der Waals surface area (Å²) in [6, 6.07) is 26.3. The van der Waals surface area contributed by atoms with Gasteiger partial charge in [-0.3, -0.25) is 14.4 Å². The highest BCUT2D eigenvalue weighted by molar-refractivity contribution is 6.32. The van der Waals surface area contributed by atoms with Crippen LogP contribution in [-0.4, -0.2) is 23.8 Å². The van der Waals surface area contributed by atoms with E-state index in [0.29, 0.717) is 11.3 Å². The molecular weight excluding hydrogens is 491 g/mol. The minimum atomic E-state index is -0.687. The van der Waals surface area contributed by atoms with Crippen LogP contribution >= 0.6 is 11.6 Å². The van der Waals surface area contributed by atoms with Crippen LogP contribution in [0.5, 0.6) is 0 Å². The molecule has 0 aliphatic heterocycles. The molecule has 0 bridgehead atoms. The van der Waals surface area contributed by atoms with Crippen molar-refractivity contribution in [3.05, 3.63) is 131 Å². The minimum absolute atomic E-state index is 0.0992. The Bertz CT molecular complexity index is 1420. The van der Waals surface area contributed by atoms with Crippen LogP contribution in [0.3, 0.4) is 0 Å². The lowest BCUT2D eigenvalue weighted by Crippen LogP contribution is -2.41. The first kappa shape index (κ1) is 25.8. The standard InChI is InChI=1S/C30H24ClFN2O3/c1-20(2)33(28(35)21-9-5-3-6-10-21)26-18-15-24(31)19-27(26)34(29(36)22-11-7-4-8-12-22)30(37)23-13-16-25(32)17-14-23/h3-20H,1-2H3. The third kappa shape index (κ3) is 5.60. The van der Waals surface area contributed by atoms with Crippen molar-refractivity contribution in [3.63, 3.8) is 0 Å². The van der Waals surface area contributed by atoms with Crippen LogP contribution in [0.2, 0.25) is 5.02 Å². The largest absolute Gasteiger partial charge is 0.304 e. The maximum Gasteiger partial charge on any atom is 0.265 e. The van der Waals surface area contributed by atoms with E-state index in [1.54, 1.807) is 66.7 Å². The molecule has 0 aliphatic carbocycles. The molecule has 0 aromatic heterocycles. The molecule has 4 aromatic rings. The summed E-state index contributed by atoms with van der Waals surface area (Å²) in [5, 5.41) is 0.271. The average molecular weight is 515 g/mol. The maximum atomic E-state index is 13.8. The molecule has 0 saturated heterocycles. The Hall–Kier alpha value is -4.29. The number of nitrogens with zero attached hydrogens (tertiary/aromatic N) is 2. The summed E-state index contributed by atoms with van der Waals surface area (Å²) in [5.41, 5.74) is 1.26. The van der Waals surface area contributed by atoms with Crippen LogP contribution in [0.1, 0.15) is 44.9 Å². The molecule has 0 unspecified atom stereocenters. The third-order valence-corrected chi connectivity index (χ3v) is 5.95. The van der Waals surface area contributed by atoms with Crippen molar-refractivity contribution in [1.29, 1.82) is 0 Å². The summed E-state index contributed by atoms with van der Waals surface area (Å²) in [6.07, 6.45) is 0. The van der Waals surface area contributed by atoms with Gasteiger partial charge in [0.2, 0.25) is 0 Å². The fourth-order valence-electron chi connectivity index (χ4n) is 3.96. The molecule has 0 saturated carbocycles. The number of carbonyl (C=O) groups excluding carboxylic acids is 3. The Morgan fingerprint density at radius 1 is 0.649 bits per heavy atom. The van der Waals surface area contributed by atoms with E-state index >= 15 is 0 Å². The molecule has 0 heterocycles. The number of anilines is 2. The Morgan fingerprint density at radius 2 is 1.14 bits per heavy atom. The smallest absolute Gasteiger partial charge is 0.265 e. The minimum Gasteiger partial charge on any atom is -0.304 e. The first-order valence-corrected chi connectivity index (χ1v) is 12.0. The number of halogens is 2. The van der Waals surface area contributed by atoms with E-state index in [9.17, 15) is 18.8 Å². The van der Waals surface area contributed by atoms with Gasteiger partial charge in [-0.15, -0.1) is 0 Å². The molecule has 3 amide bonds. The molecule has 0 radical (unpaired) electrons. The van der Waals surface area contributed by atoms with Crippen LogP contribution < -0.4 is 9.80 Å². The van der Waals surface area contributed by atoms with Crippen LogP contribution in [0.25, 0.3) is 0 Å². The van der Waals surface area contributed by atoms with Crippen molar-refractivity contribution in [3.8, 4) is 0 Å². The van der Waals surface area contributed by atoms with Gasteiger partial charge in [0.15, 0.2) is 0 Å². The Balaban J connectivity index is 1.92. The van der Waals surface area contributed by atoms with Crippen molar-refractivity contribution in [2.24, 2.45) is 0 Å². The van der Waals surface area contributed by atoms with Gasteiger partial charge in [0, 0.05) is 27.8 Å². The summed E-state index contributed by atoms with van der Waals surface area (Å²) in [7, 11) is 0. The van der Waals surface area contributed by atoms with E-state index in [4.69, 9.17) is 11.6 Å². The molecule has 0 aliphatic rings. The normalized spacial score (nSPS) is 10.7. The fourth-order valence-corrected chi connectivity index (χ4v) is 4.13. The molecule has 4 rings (SSSR count). The van der Waals surface area contributed by atoms with Crippen molar-refractivity contribution in [1.82, 2.24) is 0 Å². The SMILES string of the molecule is CC(C)N(C(=O)c1ccccc1)c1ccc(Cl)cc1N(C(=O)c1ccccc1)C(=O)c1ccc(F)cc1. The van der Waals surface area contributed by atoms with Gasteiger partial charge in [0.05, 0.1) is 11.4 Å². The molecular formula is C30H24ClFN2O3. The molecule has 5 nitrogen and oxygen atoms in total. The summed E-state index contributed by atoms with van der Waals surface area (Å²) in [6.45, 7) is 3.68. The number of imide groups is 1. The van der Waals surface area contributed by atoms with Gasteiger partial charge in [-0.25, -0.2) is 9.29 Å². The van der Waals surface area contributed by atoms with Gasteiger partial charge in [0.25, 0.3) is 17.7 Å². The molecule has 0 N–H and O–H groups in total. The Morgan fingerprint density at radius 3 is 1.65 bits per heavy atom. The fraction of sp³-hybridized carbons (Fsp3) is 0.100. The molecule has 0 spiro atoms. The van der Waals surface area contributed by atoms with Gasteiger partial charge < -0.3 is 4.90 Å². The third-order valence-electron chi connectivity index (χ3n) is 5.71. The number of carbonyl (C=O) groups is 3. The zero-order chi connectivity index (χ0) is 26.5. The van der Waals surface area contributed by atoms with Gasteiger partial charge in [-0.1, -0.05) is 48.0 Å². The van der Waals surface area contributed by atoms with Gasteiger partial charge in [0.1, 0.15) is 5.82 Å². The Kier molecular flexibility index (Phi) is 7.80. The second-order valence-electron chi connectivity index (χ2n) is 8.59. The zero-order valence-corrected chi connectivity index (χ0v) is 21.0. The highest BCUT2D eigenvalue weighted by atomic mass is 35.5. The van der Waals surface area contributed by atoms with Crippen molar-refractivity contribution >= 4 is 40.7 Å². The lowest BCUT2D eigenvalue weighted by Gasteiger charge is -2.32. The molecule has 37 heavy (non-hydrogen) atoms. The predicted octanol–water partition coefficient (Wildman–Crippen LogP) is 7.02. The molecule has 7 heteroatoms. The molecule has 0 atom stereocenters. The van der Waals surface area contributed by atoms with Crippen LogP contribution in [0, 0.1) is 5.82 Å². The summed E-state index contributed by atoms with van der Waals surface area (Å²) >= 11 is 6.36. The van der Waals surface area contributed by atoms with E-state index in [1.807, 2.05) is 19.9 Å². The molecule has 0 fully saturated rings. The lowest BCUT2D eigenvalue weighted by atomic mass is 10.1. The van der Waals surface area contributed by atoms with Crippen molar-refractivity contribution < 1.29 is 18.8 Å². The first-order valence-electron chi connectivity index (χ1n) is 11.7. The second-order valence-corrected chi connectivity index (χ2v) is 9.02. The van der Waals surface area contributed by atoms with Crippen LogP contribution in [0.15, 0.2) is 103 Å². The first-order chi connectivity index (χ1) is 17.8. The second kappa shape index (κ2) is 11.2. The van der Waals surface area contributed by atoms with Crippen LogP contribution in [-0.2, 0) is 0 Å². The van der Waals surface area contributed by atoms with Crippen LogP contribution in [0.4, 0.5) is 15.8 Å². The van der Waals surface area contributed by atoms with E-state index in [1.165, 1.54) is 23.1 Å². The van der Waals surface area contributed by atoms with Gasteiger partial charge in [-0.2, -0.15) is 0 Å². The number of hydrogen-bond acceptors (Lipinski definition) is 3. The average Bonchev–Trinajstić information content (AvgIpc) is 2.91. The maximum absolute atomic E-state index is 13.8. The summed E-state index contributed by atoms with van der Waals surface area (Å²) in [5.74, 6) is -2.12. The van der Waals surface area contributed by atoms with Crippen molar-refractivity contribution in [2.75, 3.05) is 9.80 Å². The van der Waals surface area contributed by atoms with E-state index in [-0.39, 0.29) is 33.8 Å². The Labute approximate surface area is 219 Å². The van der Waals surface area contributed by atoms with Gasteiger partial charge >= 0.3 is 0 Å². The number of rotatable bonds is 6. The number of amides is 3. The zero-order valence-electron chi connectivity index (χ0n) is 20.3. The lowest BCUT2D eigenvalue weighted by molar-refractivity contribution is 0.0894. The quantitative estimate of drug-likeness (QED) is 0.260.